The van der Waals surface area contributed by atoms with Crippen LogP contribution in [0.25, 0.3) is 0 Å². The van der Waals surface area contributed by atoms with Crippen LogP contribution in [0.3, 0.4) is 0 Å². The zero-order chi connectivity index (χ0) is 13.1. The molecule has 0 saturated heterocycles. The average Bonchev–Trinajstić information content (AvgIpc) is 2.21. The Bertz CT molecular complexity index is 360. The maximum atomic E-state index is 12.0. The molecule has 7 heteroatoms. The molecular formula is C11H17N2NaO3S. The summed E-state index contributed by atoms with van der Waals surface area (Å²) in [5, 5.41) is 13.1. The standard InChI is InChI=1S/C11H18N2O3S.Na/c1-4-17-6-11(5-7(2)3)8(14)12-10(16)13-9(11)15;/h7H,4-6H2,1-3H3,(H2,12,13,14,15,16);/q;+1/p-1. The van der Waals surface area contributed by atoms with E-state index in [1.54, 1.807) is 0 Å². The van der Waals surface area contributed by atoms with Gasteiger partial charge in [-0.3, -0.25) is 9.59 Å². The van der Waals surface area contributed by atoms with Crippen LogP contribution in [0.4, 0.5) is 0 Å². The van der Waals surface area contributed by atoms with Gasteiger partial charge < -0.3 is 10.4 Å². The van der Waals surface area contributed by atoms with Crippen LogP contribution in [0, 0.1) is 11.3 Å². The fraction of sp³-hybridized carbons (Fsp3) is 0.727. The Morgan fingerprint density at radius 2 is 2.06 bits per heavy atom. The third-order valence-corrected chi connectivity index (χ3v) is 3.68. The van der Waals surface area contributed by atoms with Gasteiger partial charge in [0.15, 0.2) is 0 Å². The van der Waals surface area contributed by atoms with Crippen molar-refractivity contribution in [2.24, 2.45) is 16.3 Å². The number of carbonyl (C=O) groups excluding carboxylic acids is 2. The second-order valence-electron chi connectivity index (χ2n) is 4.49. The Morgan fingerprint density at radius 1 is 1.44 bits per heavy atom. The van der Waals surface area contributed by atoms with Gasteiger partial charge in [-0.05, 0) is 18.1 Å². The van der Waals surface area contributed by atoms with Crippen LogP contribution in [0.2, 0.25) is 0 Å². The molecule has 1 aliphatic rings. The summed E-state index contributed by atoms with van der Waals surface area (Å²) in [6, 6.07) is -0.846. The van der Waals surface area contributed by atoms with Gasteiger partial charge in [0.25, 0.3) is 5.91 Å². The van der Waals surface area contributed by atoms with Crippen molar-refractivity contribution in [3.63, 3.8) is 0 Å². The van der Waals surface area contributed by atoms with Gasteiger partial charge in [0.2, 0.25) is 5.91 Å². The Kier molecular flexibility index (Phi) is 7.51. The zero-order valence-corrected chi connectivity index (χ0v) is 14.1. The molecule has 1 atom stereocenters. The molecule has 1 N–H and O–H groups in total. The minimum atomic E-state index is -1.16. The molecule has 1 aliphatic heterocycles. The first-order valence-corrected chi connectivity index (χ1v) is 6.77. The van der Waals surface area contributed by atoms with E-state index in [0.717, 1.165) is 5.75 Å². The number of thioether (sulfide) groups is 1. The number of amidine groups is 1. The fourth-order valence-electron chi connectivity index (χ4n) is 1.88. The normalized spacial score (nSPS) is 23.4. The van der Waals surface area contributed by atoms with E-state index in [4.69, 9.17) is 0 Å². The maximum absolute atomic E-state index is 12.0. The predicted molar refractivity (Wildman–Crippen MR) is 65.5 cm³/mol. The van der Waals surface area contributed by atoms with Crippen LogP contribution in [0.5, 0.6) is 0 Å². The van der Waals surface area contributed by atoms with Crippen molar-refractivity contribution >= 4 is 29.6 Å². The average molecular weight is 280 g/mol. The Balaban J connectivity index is 0.00000289. The minimum Gasteiger partial charge on any atom is -0.846 e. The first-order chi connectivity index (χ1) is 7.92. The van der Waals surface area contributed by atoms with Gasteiger partial charge in [-0.1, -0.05) is 20.8 Å². The van der Waals surface area contributed by atoms with Crippen LogP contribution < -0.4 is 40.0 Å². The molecule has 0 aliphatic carbocycles. The summed E-state index contributed by atoms with van der Waals surface area (Å²) in [6.07, 6.45) is 0.418. The molecule has 18 heavy (non-hydrogen) atoms. The summed E-state index contributed by atoms with van der Waals surface area (Å²) < 4.78 is 0. The first-order valence-electron chi connectivity index (χ1n) is 5.61. The summed E-state index contributed by atoms with van der Waals surface area (Å²) in [6.45, 7) is 5.84. The van der Waals surface area contributed by atoms with Crippen molar-refractivity contribution in [1.29, 1.82) is 0 Å². The van der Waals surface area contributed by atoms with Crippen LogP contribution in [0.1, 0.15) is 27.2 Å². The number of nitrogens with one attached hydrogen (secondary N) is 1. The van der Waals surface area contributed by atoms with E-state index >= 15 is 0 Å². The van der Waals surface area contributed by atoms with Gasteiger partial charge in [-0.25, -0.2) is 4.99 Å². The Morgan fingerprint density at radius 3 is 2.50 bits per heavy atom. The molecule has 96 valence electrons. The van der Waals surface area contributed by atoms with Gasteiger partial charge in [-0.2, -0.15) is 11.8 Å². The summed E-state index contributed by atoms with van der Waals surface area (Å²) in [5.74, 6) is 0.279. The van der Waals surface area contributed by atoms with E-state index in [2.05, 4.69) is 10.3 Å². The fourth-order valence-corrected chi connectivity index (χ4v) is 2.81. The SMILES string of the molecule is CCSCC1(CC(C)C)C(=O)N=C([O-])NC1=O.[Na+]. The molecule has 0 radical (unpaired) electrons. The molecule has 0 aromatic rings. The molecule has 0 fully saturated rings. The van der Waals surface area contributed by atoms with Crippen LogP contribution >= 0.6 is 11.8 Å². The smallest absolute Gasteiger partial charge is 0.846 e. The number of carbonyl (C=O) groups is 2. The van der Waals surface area contributed by atoms with Crippen LogP contribution in [-0.2, 0) is 9.59 Å². The van der Waals surface area contributed by atoms with E-state index in [1.807, 2.05) is 20.8 Å². The molecule has 0 aromatic heterocycles. The Labute approximate surface area is 133 Å². The van der Waals surface area contributed by atoms with Crippen molar-refractivity contribution in [2.45, 2.75) is 27.2 Å². The molecule has 5 nitrogen and oxygen atoms in total. The van der Waals surface area contributed by atoms with Crippen molar-refractivity contribution in [1.82, 2.24) is 5.32 Å². The molecule has 0 spiro atoms. The second kappa shape index (κ2) is 7.53. The Hall–Kier alpha value is -0.0400. The van der Waals surface area contributed by atoms with E-state index in [9.17, 15) is 14.7 Å². The molecule has 2 amide bonds. The van der Waals surface area contributed by atoms with Crippen LogP contribution in [0.15, 0.2) is 4.99 Å². The minimum absolute atomic E-state index is 0. The number of amides is 2. The van der Waals surface area contributed by atoms with Crippen LogP contribution in [-0.4, -0.2) is 29.3 Å². The topological polar surface area (TPSA) is 81.6 Å². The molecule has 0 bridgehead atoms. The van der Waals surface area contributed by atoms with E-state index in [-0.39, 0.29) is 35.5 Å². The summed E-state index contributed by atoms with van der Waals surface area (Å²) >= 11 is 1.51. The van der Waals surface area contributed by atoms with Crippen molar-refractivity contribution < 1.29 is 44.3 Å². The molecule has 1 unspecified atom stereocenters. The van der Waals surface area contributed by atoms with Gasteiger partial charge >= 0.3 is 29.6 Å². The third-order valence-electron chi connectivity index (χ3n) is 2.58. The first kappa shape index (κ1) is 18.0. The zero-order valence-electron chi connectivity index (χ0n) is 11.3. The number of aliphatic imine (C=N–C) groups is 1. The van der Waals surface area contributed by atoms with Crippen molar-refractivity contribution in [3.8, 4) is 0 Å². The molecular weight excluding hydrogens is 263 g/mol. The maximum Gasteiger partial charge on any atom is 1.00 e. The van der Waals surface area contributed by atoms with Gasteiger partial charge in [0, 0.05) is 5.75 Å². The monoisotopic (exact) mass is 280 g/mol. The summed E-state index contributed by atoms with van der Waals surface area (Å²) in [5.41, 5.74) is -1.16. The molecule has 0 aromatic carbocycles. The summed E-state index contributed by atoms with van der Waals surface area (Å²) in [7, 11) is 0. The quantitative estimate of drug-likeness (QED) is 0.434. The predicted octanol–water partition coefficient (Wildman–Crippen LogP) is -2.85. The van der Waals surface area contributed by atoms with E-state index in [0.29, 0.717) is 12.2 Å². The van der Waals surface area contributed by atoms with Crippen molar-refractivity contribution in [3.05, 3.63) is 0 Å². The van der Waals surface area contributed by atoms with Gasteiger partial charge in [0.05, 0.1) is 6.02 Å². The number of rotatable bonds is 5. The molecule has 1 heterocycles. The number of hydrogen-bond donors (Lipinski definition) is 1. The third kappa shape index (κ3) is 3.98. The second-order valence-corrected chi connectivity index (χ2v) is 5.77. The van der Waals surface area contributed by atoms with Gasteiger partial charge in [0.1, 0.15) is 5.41 Å². The molecule has 1 rings (SSSR count). The van der Waals surface area contributed by atoms with E-state index in [1.165, 1.54) is 11.8 Å². The van der Waals surface area contributed by atoms with E-state index < -0.39 is 23.3 Å². The largest absolute Gasteiger partial charge is 1.00 e. The van der Waals surface area contributed by atoms with Crippen molar-refractivity contribution in [2.75, 3.05) is 11.5 Å². The van der Waals surface area contributed by atoms with Gasteiger partial charge in [-0.15, -0.1) is 0 Å². The number of hydrogen-bond acceptors (Lipinski definition) is 4. The number of nitrogens with zero attached hydrogens (tertiary/aromatic N) is 1. The molecule has 0 saturated carbocycles. The summed E-state index contributed by atoms with van der Waals surface area (Å²) in [4.78, 5) is 27.2.